The lowest BCUT2D eigenvalue weighted by Gasteiger charge is -2.36. The highest BCUT2D eigenvalue weighted by Gasteiger charge is 2.30. The third-order valence-electron chi connectivity index (χ3n) is 3.44. The second kappa shape index (κ2) is 7.93. The SMILES string of the molecule is CCCCC(CC)C(=O)N1CCOCC1CCl. The predicted molar refractivity (Wildman–Crippen MR) is 70.3 cm³/mol. The Kier molecular flexibility index (Phi) is 6.90. The topological polar surface area (TPSA) is 29.5 Å². The number of amides is 1. The summed E-state index contributed by atoms with van der Waals surface area (Å²) in [4.78, 5) is 14.3. The van der Waals surface area contributed by atoms with Crippen molar-refractivity contribution in [2.24, 2.45) is 5.92 Å². The molecule has 0 aromatic carbocycles. The average molecular weight is 262 g/mol. The first-order chi connectivity index (χ1) is 8.24. The number of alkyl halides is 1. The molecule has 0 bridgehead atoms. The number of unbranched alkanes of at least 4 members (excludes halogenated alkanes) is 1. The van der Waals surface area contributed by atoms with Crippen molar-refractivity contribution in [1.29, 1.82) is 0 Å². The molecule has 0 radical (unpaired) electrons. The molecule has 1 heterocycles. The summed E-state index contributed by atoms with van der Waals surface area (Å²) in [6.07, 6.45) is 4.19. The second-order valence-corrected chi connectivity index (χ2v) is 4.97. The molecular formula is C13H24ClNO2. The van der Waals surface area contributed by atoms with E-state index in [4.69, 9.17) is 16.3 Å². The summed E-state index contributed by atoms with van der Waals surface area (Å²) in [6, 6.07) is 0.0635. The number of ether oxygens (including phenoxy) is 1. The van der Waals surface area contributed by atoms with Crippen molar-refractivity contribution in [3.63, 3.8) is 0 Å². The van der Waals surface area contributed by atoms with Gasteiger partial charge in [-0.1, -0.05) is 26.7 Å². The lowest BCUT2D eigenvalue weighted by molar-refractivity contribution is -0.143. The van der Waals surface area contributed by atoms with Gasteiger partial charge in [0.25, 0.3) is 0 Å². The number of hydrogen-bond acceptors (Lipinski definition) is 2. The van der Waals surface area contributed by atoms with Crippen LogP contribution in [0.5, 0.6) is 0 Å². The number of halogens is 1. The smallest absolute Gasteiger partial charge is 0.226 e. The Morgan fingerprint density at radius 2 is 2.29 bits per heavy atom. The van der Waals surface area contributed by atoms with Crippen LogP contribution < -0.4 is 0 Å². The molecule has 1 saturated heterocycles. The summed E-state index contributed by atoms with van der Waals surface area (Å²) in [5.74, 6) is 0.907. The quantitative estimate of drug-likeness (QED) is 0.688. The second-order valence-electron chi connectivity index (χ2n) is 4.66. The van der Waals surface area contributed by atoms with Crippen LogP contribution in [0, 0.1) is 5.92 Å². The summed E-state index contributed by atoms with van der Waals surface area (Å²) in [7, 11) is 0. The molecule has 4 heteroatoms. The molecule has 0 N–H and O–H groups in total. The zero-order chi connectivity index (χ0) is 12.7. The maximum absolute atomic E-state index is 12.4. The Labute approximate surface area is 109 Å². The van der Waals surface area contributed by atoms with E-state index in [0.717, 1.165) is 25.7 Å². The molecule has 1 aliphatic heterocycles. The van der Waals surface area contributed by atoms with Crippen LogP contribution in [-0.4, -0.2) is 42.5 Å². The van der Waals surface area contributed by atoms with E-state index in [1.807, 2.05) is 4.90 Å². The van der Waals surface area contributed by atoms with Gasteiger partial charge in [-0.15, -0.1) is 11.6 Å². The molecule has 0 aliphatic carbocycles. The van der Waals surface area contributed by atoms with Crippen LogP contribution in [0.15, 0.2) is 0 Å². The molecule has 0 saturated carbocycles. The van der Waals surface area contributed by atoms with E-state index >= 15 is 0 Å². The Morgan fingerprint density at radius 1 is 1.53 bits per heavy atom. The Balaban J connectivity index is 2.57. The molecule has 2 atom stereocenters. The summed E-state index contributed by atoms with van der Waals surface area (Å²) in [5, 5.41) is 0. The van der Waals surface area contributed by atoms with Crippen LogP contribution in [-0.2, 0) is 9.53 Å². The van der Waals surface area contributed by atoms with Crippen LogP contribution >= 0.6 is 11.6 Å². The Morgan fingerprint density at radius 3 is 2.88 bits per heavy atom. The summed E-state index contributed by atoms with van der Waals surface area (Å²) < 4.78 is 5.37. The number of carbonyl (C=O) groups is 1. The summed E-state index contributed by atoms with van der Waals surface area (Å²) in [5.41, 5.74) is 0. The fraction of sp³-hybridized carbons (Fsp3) is 0.923. The lowest BCUT2D eigenvalue weighted by Crippen LogP contribution is -2.51. The molecule has 2 unspecified atom stereocenters. The maximum atomic E-state index is 12.4. The van der Waals surface area contributed by atoms with E-state index in [-0.39, 0.29) is 17.9 Å². The molecule has 1 fully saturated rings. The maximum Gasteiger partial charge on any atom is 0.226 e. The highest BCUT2D eigenvalue weighted by Crippen LogP contribution is 2.19. The van der Waals surface area contributed by atoms with Gasteiger partial charge >= 0.3 is 0 Å². The zero-order valence-corrected chi connectivity index (χ0v) is 11.7. The highest BCUT2D eigenvalue weighted by molar-refractivity contribution is 6.18. The molecule has 0 spiro atoms. The molecule has 0 aromatic heterocycles. The van der Waals surface area contributed by atoms with Gasteiger partial charge in [0.05, 0.1) is 19.3 Å². The third-order valence-corrected chi connectivity index (χ3v) is 3.79. The van der Waals surface area contributed by atoms with E-state index in [0.29, 0.717) is 25.6 Å². The minimum Gasteiger partial charge on any atom is -0.377 e. The molecular weight excluding hydrogens is 238 g/mol. The first-order valence-corrected chi connectivity index (χ1v) is 7.22. The third kappa shape index (κ3) is 4.14. The molecule has 100 valence electrons. The largest absolute Gasteiger partial charge is 0.377 e. The minimum atomic E-state index is 0.0635. The highest BCUT2D eigenvalue weighted by atomic mass is 35.5. The van der Waals surface area contributed by atoms with E-state index in [2.05, 4.69) is 13.8 Å². The molecule has 0 aromatic rings. The van der Waals surface area contributed by atoms with Gasteiger partial charge in [0.2, 0.25) is 5.91 Å². The number of rotatable bonds is 6. The molecule has 1 aliphatic rings. The van der Waals surface area contributed by atoms with Crippen molar-refractivity contribution in [1.82, 2.24) is 4.90 Å². The van der Waals surface area contributed by atoms with Crippen molar-refractivity contribution in [3.8, 4) is 0 Å². The summed E-state index contributed by atoms with van der Waals surface area (Å²) in [6.45, 7) is 6.17. The van der Waals surface area contributed by atoms with E-state index < -0.39 is 0 Å². The minimum absolute atomic E-state index is 0.0635. The average Bonchev–Trinajstić information content (AvgIpc) is 2.39. The fourth-order valence-electron chi connectivity index (χ4n) is 2.26. The molecule has 3 nitrogen and oxygen atoms in total. The van der Waals surface area contributed by atoms with Crippen molar-refractivity contribution in [2.45, 2.75) is 45.6 Å². The predicted octanol–water partition coefficient (Wildman–Crippen LogP) is 2.67. The van der Waals surface area contributed by atoms with Gasteiger partial charge in [0.1, 0.15) is 0 Å². The van der Waals surface area contributed by atoms with E-state index in [9.17, 15) is 4.79 Å². The van der Waals surface area contributed by atoms with Gasteiger partial charge in [-0.05, 0) is 12.8 Å². The Bertz CT molecular complexity index is 235. The van der Waals surface area contributed by atoms with Crippen molar-refractivity contribution in [2.75, 3.05) is 25.6 Å². The number of hydrogen-bond donors (Lipinski definition) is 0. The van der Waals surface area contributed by atoms with E-state index in [1.165, 1.54) is 0 Å². The zero-order valence-electron chi connectivity index (χ0n) is 11.0. The van der Waals surface area contributed by atoms with Gasteiger partial charge in [-0.25, -0.2) is 0 Å². The van der Waals surface area contributed by atoms with Gasteiger partial charge in [-0.2, -0.15) is 0 Å². The molecule has 17 heavy (non-hydrogen) atoms. The van der Waals surface area contributed by atoms with Crippen LogP contribution in [0.1, 0.15) is 39.5 Å². The molecule has 1 amide bonds. The van der Waals surface area contributed by atoms with Gasteiger partial charge in [0.15, 0.2) is 0 Å². The number of carbonyl (C=O) groups excluding carboxylic acids is 1. The normalized spacial score (nSPS) is 22.5. The van der Waals surface area contributed by atoms with Crippen LogP contribution in [0.3, 0.4) is 0 Å². The van der Waals surface area contributed by atoms with Gasteiger partial charge in [-0.3, -0.25) is 4.79 Å². The van der Waals surface area contributed by atoms with Gasteiger partial charge < -0.3 is 9.64 Å². The fourth-order valence-corrected chi connectivity index (χ4v) is 2.52. The molecule has 1 rings (SSSR count). The first kappa shape index (κ1) is 14.8. The standard InChI is InChI=1S/C13H24ClNO2/c1-3-5-6-11(4-2)13(16)15-7-8-17-10-12(15)9-14/h11-12H,3-10H2,1-2H3. The van der Waals surface area contributed by atoms with Crippen molar-refractivity contribution in [3.05, 3.63) is 0 Å². The lowest BCUT2D eigenvalue weighted by atomic mass is 9.97. The van der Waals surface area contributed by atoms with Crippen LogP contribution in [0.25, 0.3) is 0 Å². The van der Waals surface area contributed by atoms with E-state index in [1.54, 1.807) is 0 Å². The Hall–Kier alpha value is -0.280. The van der Waals surface area contributed by atoms with Gasteiger partial charge in [0, 0.05) is 18.3 Å². The van der Waals surface area contributed by atoms with Crippen molar-refractivity contribution < 1.29 is 9.53 Å². The van der Waals surface area contributed by atoms with Crippen LogP contribution in [0.4, 0.5) is 0 Å². The van der Waals surface area contributed by atoms with Crippen molar-refractivity contribution >= 4 is 17.5 Å². The number of nitrogens with zero attached hydrogens (tertiary/aromatic N) is 1. The first-order valence-electron chi connectivity index (χ1n) is 6.68. The monoisotopic (exact) mass is 261 g/mol. The van der Waals surface area contributed by atoms with Crippen LogP contribution in [0.2, 0.25) is 0 Å². The number of morpholine rings is 1. The summed E-state index contributed by atoms with van der Waals surface area (Å²) >= 11 is 5.90.